The summed E-state index contributed by atoms with van der Waals surface area (Å²) in [7, 11) is 2.11. The first kappa shape index (κ1) is 32.7. The molecule has 5 heterocycles. The Balaban J connectivity index is 1.18. The average Bonchev–Trinajstić information content (AvgIpc) is 3.54. The molecule has 7 rings (SSSR count). The third-order valence-electron chi connectivity index (χ3n) is 9.69. The van der Waals surface area contributed by atoms with E-state index in [4.69, 9.17) is 26.3 Å². The van der Waals surface area contributed by atoms with E-state index in [9.17, 15) is 10.1 Å². The maximum absolute atomic E-state index is 15.2. The van der Waals surface area contributed by atoms with Gasteiger partial charge in [-0.1, -0.05) is 35.9 Å². The lowest BCUT2D eigenvalue weighted by molar-refractivity contribution is -0.131. The fraction of sp³-hybridized carbons (Fsp3) is 0.389. The minimum atomic E-state index is -0.969. The zero-order valence-corrected chi connectivity index (χ0v) is 28.1. The largest absolute Gasteiger partial charge is 0.462 e. The molecule has 252 valence electrons. The highest BCUT2D eigenvalue weighted by Crippen LogP contribution is 2.37. The zero-order valence-electron chi connectivity index (χ0n) is 27.3. The quantitative estimate of drug-likeness (QED) is 0.234. The number of fused-ring (bicyclic) bond motifs is 2. The van der Waals surface area contributed by atoms with Crippen LogP contribution in [-0.4, -0.2) is 94.1 Å². The van der Waals surface area contributed by atoms with E-state index in [1.807, 2.05) is 18.2 Å². The third-order valence-corrected chi connectivity index (χ3v) is 10.0. The van der Waals surface area contributed by atoms with Crippen molar-refractivity contribution in [2.24, 2.45) is 0 Å². The summed E-state index contributed by atoms with van der Waals surface area (Å²) < 4.78 is 21.5. The van der Waals surface area contributed by atoms with Gasteiger partial charge in [-0.2, -0.15) is 15.2 Å². The molecule has 2 fully saturated rings. The lowest BCUT2D eigenvalue weighted by Gasteiger charge is -2.42. The normalized spacial score (nSPS) is 20.0. The van der Waals surface area contributed by atoms with Crippen LogP contribution in [0.25, 0.3) is 16.8 Å². The smallest absolute Gasteiger partial charge is 0.318 e. The van der Waals surface area contributed by atoms with E-state index >= 15 is 4.39 Å². The molecule has 3 aliphatic rings. The predicted molar refractivity (Wildman–Crippen MR) is 186 cm³/mol. The standard InChI is InChI=1S/C36H37ClFN9O2/c1-44-16-4-8-26(44)23-49-36-42-30-22-45(31-10-3-7-24-6-2-9-28(37)33(24)31)17-12-27(30)34(43-36)46-18-19-47(25(21-46)11-13-39)35(48)29(38)20-32-40-14-5-15-41-32/h2-3,5-7,9-10,14-15,20,25-26H,4,8,11-12,16-19,21-23H2,1H3/b29-20-/t25-,26-/m0/s1. The highest BCUT2D eigenvalue weighted by atomic mass is 35.5. The minimum Gasteiger partial charge on any atom is -0.462 e. The molecule has 49 heavy (non-hydrogen) atoms. The number of likely N-dealkylation sites (tertiary alicyclic amines) is 1. The number of amides is 1. The van der Waals surface area contributed by atoms with E-state index in [0.717, 1.165) is 65.5 Å². The van der Waals surface area contributed by atoms with Crippen molar-refractivity contribution in [1.82, 2.24) is 29.7 Å². The number of nitrogens with zero attached hydrogens (tertiary/aromatic N) is 9. The van der Waals surface area contributed by atoms with Crippen molar-refractivity contribution in [3.8, 4) is 12.1 Å². The van der Waals surface area contributed by atoms with Crippen molar-refractivity contribution in [2.75, 3.05) is 56.2 Å². The van der Waals surface area contributed by atoms with Gasteiger partial charge in [0, 0.05) is 67.3 Å². The summed E-state index contributed by atoms with van der Waals surface area (Å²) in [5.74, 6) is -0.916. The van der Waals surface area contributed by atoms with Gasteiger partial charge in [-0.25, -0.2) is 14.4 Å². The number of piperazine rings is 1. The van der Waals surface area contributed by atoms with Crippen molar-refractivity contribution >= 4 is 45.9 Å². The number of anilines is 2. The van der Waals surface area contributed by atoms with Gasteiger partial charge in [0.05, 0.1) is 35.8 Å². The second kappa shape index (κ2) is 14.3. The Labute approximate surface area is 289 Å². The van der Waals surface area contributed by atoms with Crippen LogP contribution in [0.2, 0.25) is 5.02 Å². The second-order valence-corrected chi connectivity index (χ2v) is 13.1. The number of nitriles is 1. The second-order valence-electron chi connectivity index (χ2n) is 12.7. The monoisotopic (exact) mass is 681 g/mol. The van der Waals surface area contributed by atoms with Gasteiger partial charge in [-0.3, -0.25) is 4.79 Å². The van der Waals surface area contributed by atoms with Crippen LogP contribution in [0.3, 0.4) is 0 Å². The van der Waals surface area contributed by atoms with Crippen LogP contribution in [0.4, 0.5) is 15.9 Å². The van der Waals surface area contributed by atoms with Gasteiger partial charge in [-0.05, 0) is 56.4 Å². The number of rotatable bonds is 8. The van der Waals surface area contributed by atoms with Gasteiger partial charge < -0.3 is 24.3 Å². The van der Waals surface area contributed by atoms with E-state index in [0.29, 0.717) is 43.7 Å². The summed E-state index contributed by atoms with van der Waals surface area (Å²) >= 11 is 6.72. The summed E-state index contributed by atoms with van der Waals surface area (Å²) in [6.45, 7) is 3.69. The Morgan fingerprint density at radius 1 is 1.06 bits per heavy atom. The number of hydrogen-bond acceptors (Lipinski definition) is 10. The molecule has 0 bridgehead atoms. The summed E-state index contributed by atoms with van der Waals surface area (Å²) in [6.07, 6.45) is 6.88. The third kappa shape index (κ3) is 6.86. The molecule has 0 spiro atoms. The number of carbonyl (C=O) groups excluding carboxylic acids is 1. The number of aromatic nitrogens is 4. The Morgan fingerprint density at radius 2 is 1.88 bits per heavy atom. The highest BCUT2D eigenvalue weighted by molar-refractivity contribution is 6.36. The SMILES string of the molecule is CN1CCC[C@H]1COc1nc2c(c(N3CCN(C(=O)/C(F)=C/c4ncccn4)[C@@H](CC#N)C3)n1)CCN(c1cccc3cccc(Cl)c13)C2. The van der Waals surface area contributed by atoms with Crippen LogP contribution in [-0.2, 0) is 17.8 Å². The molecule has 2 atom stereocenters. The molecular formula is C36H37ClFN9O2. The molecule has 3 aliphatic heterocycles. The number of halogens is 2. The van der Waals surface area contributed by atoms with E-state index in [1.54, 1.807) is 6.07 Å². The molecule has 0 N–H and O–H groups in total. The van der Waals surface area contributed by atoms with Gasteiger partial charge in [0.15, 0.2) is 11.7 Å². The summed E-state index contributed by atoms with van der Waals surface area (Å²) in [5, 5.41) is 12.5. The molecule has 2 saturated heterocycles. The van der Waals surface area contributed by atoms with Crippen LogP contribution >= 0.6 is 11.6 Å². The molecule has 4 aromatic rings. The lowest BCUT2D eigenvalue weighted by Crippen LogP contribution is -2.56. The number of ether oxygens (including phenoxy) is 1. The molecule has 1 amide bonds. The average molecular weight is 682 g/mol. The molecule has 0 radical (unpaired) electrons. The van der Waals surface area contributed by atoms with Crippen LogP contribution in [0.5, 0.6) is 6.01 Å². The fourth-order valence-corrected chi connectivity index (χ4v) is 7.39. The Morgan fingerprint density at radius 3 is 2.65 bits per heavy atom. The number of benzene rings is 2. The van der Waals surface area contributed by atoms with E-state index in [2.05, 4.69) is 56.0 Å². The molecule has 0 unspecified atom stereocenters. The molecule has 11 nitrogen and oxygen atoms in total. The van der Waals surface area contributed by atoms with Crippen molar-refractivity contribution in [3.63, 3.8) is 0 Å². The van der Waals surface area contributed by atoms with Crippen LogP contribution in [0, 0.1) is 11.3 Å². The first-order valence-corrected chi connectivity index (χ1v) is 17.0. The van der Waals surface area contributed by atoms with Crippen LogP contribution < -0.4 is 14.5 Å². The van der Waals surface area contributed by atoms with Crippen LogP contribution in [0.15, 0.2) is 60.7 Å². The predicted octanol–water partition coefficient (Wildman–Crippen LogP) is 5.05. The first-order chi connectivity index (χ1) is 23.9. The summed E-state index contributed by atoms with van der Waals surface area (Å²) in [6, 6.07) is 16.0. The molecular weight excluding hydrogens is 645 g/mol. The fourth-order valence-electron chi connectivity index (χ4n) is 7.11. The van der Waals surface area contributed by atoms with Crippen molar-refractivity contribution in [1.29, 1.82) is 5.26 Å². The first-order valence-electron chi connectivity index (χ1n) is 16.6. The highest BCUT2D eigenvalue weighted by Gasteiger charge is 2.35. The Bertz CT molecular complexity index is 1920. The molecule has 13 heteroatoms. The van der Waals surface area contributed by atoms with E-state index in [1.165, 1.54) is 17.3 Å². The molecule has 0 saturated carbocycles. The van der Waals surface area contributed by atoms with E-state index < -0.39 is 17.8 Å². The van der Waals surface area contributed by atoms with Crippen molar-refractivity contribution in [3.05, 3.63) is 82.8 Å². The van der Waals surface area contributed by atoms with Gasteiger partial charge in [0.2, 0.25) is 0 Å². The van der Waals surface area contributed by atoms with Gasteiger partial charge in [0.25, 0.3) is 5.91 Å². The topological polar surface area (TPSA) is 115 Å². The van der Waals surface area contributed by atoms with Gasteiger partial charge in [0.1, 0.15) is 12.4 Å². The maximum atomic E-state index is 15.2. The van der Waals surface area contributed by atoms with E-state index in [-0.39, 0.29) is 24.8 Å². The zero-order chi connectivity index (χ0) is 33.9. The lowest BCUT2D eigenvalue weighted by atomic mass is 10.0. The van der Waals surface area contributed by atoms with Crippen molar-refractivity contribution in [2.45, 2.75) is 44.3 Å². The maximum Gasteiger partial charge on any atom is 0.318 e. The van der Waals surface area contributed by atoms with Crippen molar-refractivity contribution < 1.29 is 13.9 Å². The summed E-state index contributed by atoms with van der Waals surface area (Å²) in [5.41, 5.74) is 2.92. The van der Waals surface area contributed by atoms with Crippen LogP contribution in [0.1, 0.15) is 36.3 Å². The minimum absolute atomic E-state index is 0.0393. The molecule has 0 aliphatic carbocycles. The number of hydrogen-bond donors (Lipinski definition) is 0. The number of likely N-dealkylation sites (N-methyl/N-ethyl adjacent to an activating group) is 1. The van der Waals surface area contributed by atoms with Gasteiger partial charge in [-0.15, -0.1) is 0 Å². The van der Waals surface area contributed by atoms with Gasteiger partial charge >= 0.3 is 6.01 Å². The summed E-state index contributed by atoms with van der Waals surface area (Å²) in [4.78, 5) is 39.3. The Hall–Kier alpha value is -4.86. The molecule has 2 aromatic carbocycles. The Kier molecular flexibility index (Phi) is 9.55. The molecule has 2 aromatic heterocycles. The number of carbonyl (C=O) groups is 1.